The molecule has 2 rings (SSSR count). The third kappa shape index (κ3) is 3.07. The number of nitriles is 1. The molecule has 1 aromatic rings. The van der Waals surface area contributed by atoms with Crippen molar-refractivity contribution < 1.29 is 0 Å². The highest BCUT2D eigenvalue weighted by atomic mass is 15.0. The van der Waals surface area contributed by atoms with Gasteiger partial charge in [-0.2, -0.15) is 5.26 Å². The van der Waals surface area contributed by atoms with Crippen LogP contribution in [0.15, 0.2) is 6.07 Å². The van der Waals surface area contributed by atoms with Gasteiger partial charge in [0.1, 0.15) is 11.9 Å². The van der Waals surface area contributed by atoms with Gasteiger partial charge in [0.05, 0.1) is 5.56 Å². The van der Waals surface area contributed by atoms with Crippen LogP contribution in [0.4, 0.5) is 5.82 Å². The molecule has 1 unspecified atom stereocenters. The Morgan fingerprint density at radius 3 is 2.79 bits per heavy atom. The monoisotopic (exact) mass is 257 g/mol. The SMILES string of the molecule is CC(CNc1nc2c(cc1C#N)CCC2)C(C)(C)C. The molecule has 0 amide bonds. The van der Waals surface area contributed by atoms with Crippen LogP contribution in [-0.4, -0.2) is 11.5 Å². The Morgan fingerprint density at radius 2 is 2.16 bits per heavy atom. The molecule has 3 nitrogen and oxygen atoms in total. The summed E-state index contributed by atoms with van der Waals surface area (Å²) in [6.07, 6.45) is 3.27. The number of anilines is 1. The van der Waals surface area contributed by atoms with Crippen molar-refractivity contribution in [2.45, 2.75) is 47.0 Å². The van der Waals surface area contributed by atoms with Crippen molar-refractivity contribution in [1.29, 1.82) is 5.26 Å². The fraction of sp³-hybridized carbons (Fsp3) is 0.625. The lowest BCUT2D eigenvalue weighted by molar-refractivity contribution is 0.274. The molecule has 1 aromatic heterocycles. The minimum absolute atomic E-state index is 0.260. The van der Waals surface area contributed by atoms with Crippen LogP contribution in [0.25, 0.3) is 0 Å². The molecule has 0 bridgehead atoms. The number of hydrogen-bond acceptors (Lipinski definition) is 3. The summed E-state index contributed by atoms with van der Waals surface area (Å²) in [7, 11) is 0. The van der Waals surface area contributed by atoms with E-state index in [1.54, 1.807) is 0 Å². The number of aromatic nitrogens is 1. The predicted molar refractivity (Wildman–Crippen MR) is 78.1 cm³/mol. The quantitative estimate of drug-likeness (QED) is 0.901. The van der Waals surface area contributed by atoms with E-state index in [9.17, 15) is 5.26 Å². The van der Waals surface area contributed by atoms with E-state index in [1.165, 1.54) is 11.3 Å². The highest BCUT2D eigenvalue weighted by molar-refractivity contribution is 5.55. The van der Waals surface area contributed by atoms with Crippen LogP contribution in [0.3, 0.4) is 0 Å². The van der Waals surface area contributed by atoms with Crippen LogP contribution in [0.5, 0.6) is 0 Å². The Labute approximate surface area is 116 Å². The highest BCUT2D eigenvalue weighted by Crippen LogP contribution is 2.28. The second kappa shape index (κ2) is 5.21. The van der Waals surface area contributed by atoms with E-state index in [0.717, 1.165) is 31.6 Å². The molecule has 0 fully saturated rings. The average Bonchev–Trinajstić information content (AvgIpc) is 2.80. The third-order valence-corrected chi connectivity index (χ3v) is 4.23. The summed E-state index contributed by atoms with van der Waals surface area (Å²) in [5, 5.41) is 12.6. The molecular weight excluding hydrogens is 234 g/mol. The molecule has 19 heavy (non-hydrogen) atoms. The van der Waals surface area contributed by atoms with Crippen molar-refractivity contribution in [3.8, 4) is 6.07 Å². The standard InChI is InChI=1S/C16H23N3/c1-11(16(2,3)4)10-18-15-13(9-17)8-12-6-5-7-14(12)19-15/h8,11H,5-7,10H2,1-4H3,(H,18,19). The zero-order valence-corrected chi connectivity index (χ0v) is 12.4. The van der Waals surface area contributed by atoms with Gasteiger partial charge >= 0.3 is 0 Å². The van der Waals surface area contributed by atoms with Crippen molar-refractivity contribution in [2.75, 3.05) is 11.9 Å². The minimum Gasteiger partial charge on any atom is -0.369 e. The Bertz CT molecular complexity index is 506. The van der Waals surface area contributed by atoms with E-state index in [1.807, 2.05) is 6.07 Å². The summed E-state index contributed by atoms with van der Waals surface area (Å²) in [5.41, 5.74) is 3.37. The predicted octanol–water partition coefficient (Wildman–Crippen LogP) is 3.54. The topological polar surface area (TPSA) is 48.7 Å². The first-order chi connectivity index (χ1) is 8.91. The van der Waals surface area contributed by atoms with E-state index >= 15 is 0 Å². The van der Waals surface area contributed by atoms with Gasteiger partial charge < -0.3 is 5.32 Å². The minimum atomic E-state index is 0.260. The van der Waals surface area contributed by atoms with E-state index in [4.69, 9.17) is 0 Å². The molecule has 0 spiro atoms. The van der Waals surface area contributed by atoms with Crippen molar-refractivity contribution in [3.63, 3.8) is 0 Å². The Kier molecular flexibility index (Phi) is 3.80. The number of fused-ring (bicyclic) bond motifs is 1. The molecule has 0 aromatic carbocycles. The van der Waals surface area contributed by atoms with Crippen LogP contribution in [0.1, 0.15) is 50.9 Å². The van der Waals surface area contributed by atoms with Crippen LogP contribution < -0.4 is 5.32 Å². The lowest BCUT2D eigenvalue weighted by atomic mass is 9.82. The fourth-order valence-electron chi connectivity index (χ4n) is 2.25. The maximum Gasteiger partial charge on any atom is 0.144 e. The number of hydrogen-bond donors (Lipinski definition) is 1. The summed E-state index contributed by atoms with van der Waals surface area (Å²) in [6.45, 7) is 9.79. The molecular formula is C16H23N3. The summed E-state index contributed by atoms with van der Waals surface area (Å²) in [5.74, 6) is 1.29. The lowest BCUT2D eigenvalue weighted by Gasteiger charge is -2.27. The van der Waals surface area contributed by atoms with Gasteiger partial charge in [-0.1, -0.05) is 27.7 Å². The van der Waals surface area contributed by atoms with Gasteiger partial charge in [0.15, 0.2) is 0 Å². The number of rotatable bonds is 3. The van der Waals surface area contributed by atoms with E-state index in [-0.39, 0.29) is 5.41 Å². The Hall–Kier alpha value is -1.56. The molecule has 1 N–H and O–H groups in total. The normalized spacial score (nSPS) is 15.7. The van der Waals surface area contributed by atoms with Crippen LogP contribution in [0.2, 0.25) is 0 Å². The van der Waals surface area contributed by atoms with Crippen LogP contribution in [-0.2, 0) is 12.8 Å². The van der Waals surface area contributed by atoms with E-state index in [2.05, 4.69) is 44.1 Å². The van der Waals surface area contributed by atoms with Crippen molar-refractivity contribution >= 4 is 5.82 Å². The molecule has 0 saturated heterocycles. The maximum absolute atomic E-state index is 9.24. The van der Waals surface area contributed by atoms with Crippen LogP contribution >= 0.6 is 0 Å². The molecule has 3 heteroatoms. The van der Waals surface area contributed by atoms with Crippen LogP contribution in [0, 0.1) is 22.7 Å². The summed E-state index contributed by atoms with van der Waals surface area (Å²) in [4.78, 5) is 4.64. The smallest absolute Gasteiger partial charge is 0.144 e. The summed E-state index contributed by atoms with van der Waals surface area (Å²) >= 11 is 0. The van der Waals surface area contributed by atoms with Crippen molar-refractivity contribution in [1.82, 2.24) is 4.98 Å². The molecule has 102 valence electrons. The zero-order valence-electron chi connectivity index (χ0n) is 12.4. The Morgan fingerprint density at radius 1 is 1.42 bits per heavy atom. The molecule has 0 radical (unpaired) electrons. The zero-order chi connectivity index (χ0) is 14.0. The second-order valence-corrected chi connectivity index (χ2v) is 6.60. The van der Waals surface area contributed by atoms with E-state index < -0.39 is 0 Å². The largest absolute Gasteiger partial charge is 0.369 e. The van der Waals surface area contributed by atoms with Gasteiger partial charge in [-0.25, -0.2) is 4.98 Å². The second-order valence-electron chi connectivity index (χ2n) is 6.60. The third-order valence-electron chi connectivity index (χ3n) is 4.23. The Balaban J connectivity index is 2.15. The summed E-state index contributed by atoms with van der Waals surface area (Å²) < 4.78 is 0. The molecule has 1 heterocycles. The van der Waals surface area contributed by atoms with Gasteiger partial charge in [-0.15, -0.1) is 0 Å². The molecule has 1 aliphatic rings. The number of nitrogens with zero attached hydrogens (tertiary/aromatic N) is 2. The van der Waals surface area contributed by atoms with Gasteiger partial charge in [0, 0.05) is 12.2 Å². The highest BCUT2D eigenvalue weighted by Gasteiger charge is 2.21. The van der Waals surface area contributed by atoms with Gasteiger partial charge in [-0.05, 0) is 42.2 Å². The fourth-order valence-corrected chi connectivity index (χ4v) is 2.25. The van der Waals surface area contributed by atoms with Crippen molar-refractivity contribution in [3.05, 3.63) is 22.9 Å². The number of aryl methyl sites for hydroxylation is 2. The molecule has 1 aliphatic carbocycles. The number of pyridine rings is 1. The van der Waals surface area contributed by atoms with Gasteiger partial charge in [0.25, 0.3) is 0 Å². The van der Waals surface area contributed by atoms with E-state index in [0.29, 0.717) is 11.5 Å². The number of nitrogens with one attached hydrogen (secondary N) is 1. The molecule has 1 atom stereocenters. The summed E-state index contributed by atoms with van der Waals surface area (Å²) in [6, 6.07) is 4.28. The lowest BCUT2D eigenvalue weighted by Crippen LogP contribution is -2.25. The van der Waals surface area contributed by atoms with Gasteiger partial charge in [0.2, 0.25) is 0 Å². The average molecular weight is 257 g/mol. The molecule has 0 saturated carbocycles. The van der Waals surface area contributed by atoms with Gasteiger partial charge in [-0.3, -0.25) is 0 Å². The first-order valence-corrected chi connectivity index (χ1v) is 7.08. The van der Waals surface area contributed by atoms with Crippen molar-refractivity contribution in [2.24, 2.45) is 11.3 Å². The first kappa shape index (κ1) is 13.9. The maximum atomic E-state index is 9.24. The molecule has 0 aliphatic heterocycles. The first-order valence-electron chi connectivity index (χ1n) is 7.08.